The summed E-state index contributed by atoms with van der Waals surface area (Å²) in [5.41, 5.74) is 5.23. The van der Waals surface area contributed by atoms with E-state index in [2.05, 4.69) is 9.88 Å². The lowest BCUT2D eigenvalue weighted by Crippen LogP contribution is -2.52. The maximum atomic E-state index is 12.1. The lowest BCUT2D eigenvalue weighted by molar-refractivity contribution is 0.312. The van der Waals surface area contributed by atoms with Crippen molar-refractivity contribution in [3.05, 3.63) is 29.8 Å². The first kappa shape index (κ1) is 14.5. The third-order valence-electron chi connectivity index (χ3n) is 2.47. The van der Waals surface area contributed by atoms with Crippen LogP contribution in [-0.4, -0.2) is 25.0 Å². The normalized spacial score (nSPS) is 13.6. The molecule has 1 rings (SSSR count). The minimum absolute atomic E-state index is 0.131. The van der Waals surface area contributed by atoms with Gasteiger partial charge in [-0.15, -0.1) is 0 Å². The number of benzene rings is 1. The Balaban J connectivity index is 3.06. The molecule has 0 amide bonds. The standard InChI is InChI=1S/C11H17N3O3S/c1-8-4-6-9(7-5-8)18(16,17)14-11(2,3)10(12)13-15/h4-7,14-15H,1-3H3,(H2,12,13). The maximum Gasteiger partial charge on any atom is 0.241 e. The Morgan fingerprint density at radius 3 is 2.28 bits per heavy atom. The Hall–Kier alpha value is -1.60. The third kappa shape index (κ3) is 3.21. The topological polar surface area (TPSA) is 105 Å². The molecule has 0 bridgehead atoms. The summed E-state index contributed by atoms with van der Waals surface area (Å²) in [6.07, 6.45) is 0. The second-order valence-electron chi connectivity index (χ2n) is 4.53. The van der Waals surface area contributed by atoms with E-state index >= 15 is 0 Å². The predicted molar refractivity (Wildman–Crippen MR) is 69.0 cm³/mol. The van der Waals surface area contributed by atoms with Gasteiger partial charge in [-0.1, -0.05) is 22.9 Å². The fourth-order valence-electron chi connectivity index (χ4n) is 1.29. The predicted octanol–water partition coefficient (Wildman–Crippen LogP) is 0.798. The molecule has 7 heteroatoms. The van der Waals surface area contributed by atoms with Crippen molar-refractivity contribution in [1.29, 1.82) is 0 Å². The number of nitrogens with zero attached hydrogens (tertiary/aromatic N) is 1. The molecule has 0 aliphatic carbocycles. The van der Waals surface area contributed by atoms with Crippen LogP contribution in [0.25, 0.3) is 0 Å². The molecule has 0 aliphatic rings. The zero-order valence-corrected chi connectivity index (χ0v) is 11.3. The molecule has 0 saturated carbocycles. The maximum absolute atomic E-state index is 12.1. The van der Waals surface area contributed by atoms with E-state index in [-0.39, 0.29) is 10.7 Å². The summed E-state index contributed by atoms with van der Waals surface area (Å²) in [7, 11) is -3.71. The van der Waals surface area contributed by atoms with Crippen molar-refractivity contribution < 1.29 is 13.6 Å². The molecule has 1 aromatic carbocycles. The highest BCUT2D eigenvalue weighted by molar-refractivity contribution is 7.89. The van der Waals surface area contributed by atoms with Gasteiger partial charge in [-0.2, -0.15) is 4.72 Å². The average Bonchev–Trinajstić information content (AvgIpc) is 2.27. The van der Waals surface area contributed by atoms with Gasteiger partial charge in [0.1, 0.15) is 0 Å². The molecule has 0 aromatic heterocycles. The number of oxime groups is 1. The number of nitrogens with one attached hydrogen (secondary N) is 1. The molecule has 4 N–H and O–H groups in total. The molecule has 0 unspecified atom stereocenters. The minimum atomic E-state index is -3.71. The van der Waals surface area contributed by atoms with E-state index in [0.29, 0.717) is 0 Å². The Morgan fingerprint density at radius 2 is 1.83 bits per heavy atom. The molecule has 0 heterocycles. The lowest BCUT2D eigenvalue weighted by atomic mass is 10.1. The molecule has 0 radical (unpaired) electrons. The van der Waals surface area contributed by atoms with Crippen molar-refractivity contribution in [2.75, 3.05) is 0 Å². The number of nitrogens with two attached hydrogens (primary N) is 1. The van der Waals surface area contributed by atoms with Crippen LogP contribution in [0.3, 0.4) is 0 Å². The highest BCUT2D eigenvalue weighted by Gasteiger charge is 2.30. The average molecular weight is 271 g/mol. The van der Waals surface area contributed by atoms with Crippen LogP contribution < -0.4 is 10.5 Å². The third-order valence-corrected chi connectivity index (χ3v) is 4.14. The highest BCUT2D eigenvalue weighted by Crippen LogP contribution is 2.14. The van der Waals surface area contributed by atoms with Crippen LogP contribution in [-0.2, 0) is 10.0 Å². The molecular formula is C11H17N3O3S. The second kappa shape index (κ2) is 4.95. The number of rotatable bonds is 4. The number of amidine groups is 1. The molecule has 100 valence electrons. The Bertz CT molecular complexity index is 547. The van der Waals surface area contributed by atoms with E-state index in [0.717, 1.165) is 5.56 Å². The van der Waals surface area contributed by atoms with E-state index in [1.54, 1.807) is 12.1 Å². The van der Waals surface area contributed by atoms with Crippen molar-refractivity contribution >= 4 is 15.9 Å². The summed E-state index contributed by atoms with van der Waals surface area (Å²) < 4.78 is 26.5. The fraction of sp³-hybridized carbons (Fsp3) is 0.364. The molecule has 0 spiro atoms. The zero-order chi connectivity index (χ0) is 14.0. The zero-order valence-electron chi connectivity index (χ0n) is 10.5. The molecule has 18 heavy (non-hydrogen) atoms. The molecular weight excluding hydrogens is 254 g/mol. The van der Waals surface area contributed by atoms with Crippen LogP contribution in [0.1, 0.15) is 19.4 Å². The van der Waals surface area contributed by atoms with E-state index in [4.69, 9.17) is 10.9 Å². The Morgan fingerprint density at radius 1 is 1.33 bits per heavy atom. The monoisotopic (exact) mass is 271 g/mol. The van der Waals surface area contributed by atoms with Crippen molar-refractivity contribution in [3.63, 3.8) is 0 Å². The van der Waals surface area contributed by atoms with Gasteiger partial charge in [-0.25, -0.2) is 8.42 Å². The summed E-state index contributed by atoms with van der Waals surface area (Å²) in [6.45, 7) is 4.88. The Kier molecular flexibility index (Phi) is 3.98. The van der Waals surface area contributed by atoms with Gasteiger partial charge in [0.05, 0.1) is 10.4 Å². The van der Waals surface area contributed by atoms with Gasteiger partial charge < -0.3 is 10.9 Å². The van der Waals surface area contributed by atoms with Gasteiger partial charge in [0.15, 0.2) is 5.84 Å². The quantitative estimate of drug-likeness (QED) is 0.326. The number of hydrogen-bond acceptors (Lipinski definition) is 4. The lowest BCUT2D eigenvalue weighted by Gasteiger charge is -2.24. The van der Waals surface area contributed by atoms with Crippen molar-refractivity contribution in [2.24, 2.45) is 10.9 Å². The molecule has 0 aliphatic heterocycles. The van der Waals surface area contributed by atoms with Crippen LogP contribution in [0, 0.1) is 6.92 Å². The minimum Gasteiger partial charge on any atom is -0.409 e. The van der Waals surface area contributed by atoms with Crippen molar-refractivity contribution in [2.45, 2.75) is 31.2 Å². The smallest absolute Gasteiger partial charge is 0.241 e. The molecule has 6 nitrogen and oxygen atoms in total. The Labute approximate surface area is 107 Å². The highest BCUT2D eigenvalue weighted by atomic mass is 32.2. The molecule has 0 saturated heterocycles. The first-order valence-electron chi connectivity index (χ1n) is 5.28. The number of sulfonamides is 1. The summed E-state index contributed by atoms with van der Waals surface area (Å²) in [4.78, 5) is 0.131. The first-order valence-corrected chi connectivity index (χ1v) is 6.76. The van der Waals surface area contributed by atoms with Gasteiger partial charge in [0, 0.05) is 0 Å². The molecule has 0 fully saturated rings. The molecule has 0 atom stereocenters. The summed E-state index contributed by atoms with van der Waals surface area (Å²) >= 11 is 0. The number of hydrogen-bond donors (Lipinski definition) is 3. The van der Waals surface area contributed by atoms with Crippen LogP contribution in [0.5, 0.6) is 0 Å². The van der Waals surface area contributed by atoms with E-state index in [1.807, 2.05) is 6.92 Å². The summed E-state index contributed by atoms with van der Waals surface area (Å²) in [5, 5.41) is 11.4. The van der Waals surface area contributed by atoms with Crippen molar-refractivity contribution in [1.82, 2.24) is 4.72 Å². The number of aryl methyl sites for hydroxylation is 1. The van der Waals surface area contributed by atoms with Gasteiger partial charge in [0.25, 0.3) is 0 Å². The fourth-order valence-corrected chi connectivity index (χ4v) is 2.68. The van der Waals surface area contributed by atoms with Crippen LogP contribution in [0.15, 0.2) is 34.3 Å². The van der Waals surface area contributed by atoms with Gasteiger partial charge in [-0.05, 0) is 32.9 Å². The van der Waals surface area contributed by atoms with E-state index in [1.165, 1.54) is 26.0 Å². The van der Waals surface area contributed by atoms with Gasteiger partial charge >= 0.3 is 0 Å². The summed E-state index contributed by atoms with van der Waals surface area (Å²) in [6, 6.07) is 6.40. The first-order chi connectivity index (χ1) is 8.19. The van der Waals surface area contributed by atoms with Gasteiger partial charge in [-0.3, -0.25) is 0 Å². The molecule has 1 aromatic rings. The van der Waals surface area contributed by atoms with E-state index < -0.39 is 15.6 Å². The SMILES string of the molecule is Cc1ccc(S(=O)(=O)NC(C)(C)/C(N)=N/O)cc1. The van der Waals surface area contributed by atoms with Crippen LogP contribution >= 0.6 is 0 Å². The van der Waals surface area contributed by atoms with Gasteiger partial charge in [0.2, 0.25) is 10.0 Å². The van der Waals surface area contributed by atoms with Crippen LogP contribution in [0.4, 0.5) is 0 Å². The summed E-state index contributed by atoms with van der Waals surface area (Å²) in [5.74, 6) is -0.210. The van der Waals surface area contributed by atoms with Crippen molar-refractivity contribution in [3.8, 4) is 0 Å². The second-order valence-corrected chi connectivity index (χ2v) is 6.21. The van der Waals surface area contributed by atoms with Crippen LogP contribution in [0.2, 0.25) is 0 Å². The van der Waals surface area contributed by atoms with E-state index in [9.17, 15) is 8.42 Å². The largest absolute Gasteiger partial charge is 0.409 e.